The third-order valence-corrected chi connectivity index (χ3v) is 6.93. The minimum Gasteiger partial charge on any atom is -0.354 e. The van der Waals surface area contributed by atoms with Crippen LogP contribution in [0, 0.1) is 5.92 Å². The molecule has 0 aliphatic carbocycles. The Labute approximate surface area is 232 Å². The molecule has 1 unspecified atom stereocenters. The van der Waals surface area contributed by atoms with Crippen molar-refractivity contribution in [3.05, 3.63) is 144 Å². The third-order valence-electron chi connectivity index (χ3n) is 6.93. The van der Waals surface area contributed by atoms with Crippen LogP contribution in [0.4, 0.5) is 0 Å². The number of amides is 2. The molecule has 2 amide bonds. The summed E-state index contributed by atoms with van der Waals surface area (Å²) in [5.41, 5.74) is 4.19. The Bertz CT molecular complexity index is 1250. The van der Waals surface area contributed by atoms with Crippen molar-refractivity contribution in [2.45, 2.75) is 45.2 Å². The third kappa shape index (κ3) is 8.15. The van der Waals surface area contributed by atoms with Crippen LogP contribution in [0.3, 0.4) is 0 Å². The molecule has 0 radical (unpaired) electrons. The molecule has 0 saturated heterocycles. The minimum absolute atomic E-state index is 0.0443. The van der Waals surface area contributed by atoms with E-state index in [0.29, 0.717) is 25.4 Å². The lowest BCUT2D eigenvalue weighted by molar-refractivity contribution is -0.141. The number of nitrogens with one attached hydrogen (secondary N) is 1. The van der Waals surface area contributed by atoms with Crippen molar-refractivity contribution in [2.24, 2.45) is 5.92 Å². The number of carbonyl (C=O) groups excluding carboxylic acids is 2. The first-order chi connectivity index (χ1) is 19.0. The van der Waals surface area contributed by atoms with E-state index in [9.17, 15) is 9.59 Å². The van der Waals surface area contributed by atoms with Gasteiger partial charge in [-0.1, -0.05) is 135 Å². The van der Waals surface area contributed by atoms with Gasteiger partial charge in [-0.05, 0) is 28.2 Å². The highest BCUT2D eigenvalue weighted by Crippen LogP contribution is 2.30. The summed E-state index contributed by atoms with van der Waals surface area (Å²) >= 11 is 0. The number of nitrogens with zero attached hydrogens (tertiary/aromatic N) is 1. The lowest BCUT2D eigenvalue weighted by Crippen LogP contribution is -2.51. The van der Waals surface area contributed by atoms with Crippen molar-refractivity contribution >= 4 is 11.8 Å². The average Bonchev–Trinajstić information content (AvgIpc) is 2.98. The van der Waals surface area contributed by atoms with E-state index in [0.717, 1.165) is 22.3 Å². The largest absolute Gasteiger partial charge is 0.354 e. The van der Waals surface area contributed by atoms with E-state index in [2.05, 4.69) is 43.4 Å². The fraction of sp³-hybridized carbons (Fsp3) is 0.257. The molecule has 1 N–H and O–H groups in total. The maximum atomic E-state index is 14.3. The van der Waals surface area contributed by atoms with Crippen LogP contribution in [-0.4, -0.2) is 29.3 Å². The van der Waals surface area contributed by atoms with Gasteiger partial charge in [-0.25, -0.2) is 0 Å². The summed E-state index contributed by atoms with van der Waals surface area (Å²) in [6, 6.07) is 39.6. The smallest absolute Gasteiger partial charge is 0.243 e. The maximum Gasteiger partial charge on any atom is 0.243 e. The van der Waals surface area contributed by atoms with Gasteiger partial charge in [-0.3, -0.25) is 9.59 Å². The average molecular weight is 519 g/mol. The van der Waals surface area contributed by atoms with Gasteiger partial charge in [-0.15, -0.1) is 0 Å². The predicted octanol–water partition coefficient (Wildman–Crippen LogP) is 6.62. The zero-order valence-electron chi connectivity index (χ0n) is 22.9. The zero-order valence-corrected chi connectivity index (χ0v) is 22.9. The second-order valence-electron chi connectivity index (χ2n) is 10.4. The van der Waals surface area contributed by atoms with Gasteiger partial charge in [0.25, 0.3) is 0 Å². The first-order valence-corrected chi connectivity index (χ1v) is 13.8. The van der Waals surface area contributed by atoms with Crippen LogP contribution in [0.15, 0.2) is 121 Å². The predicted molar refractivity (Wildman–Crippen MR) is 158 cm³/mol. The van der Waals surface area contributed by atoms with Gasteiger partial charge in [0.2, 0.25) is 11.8 Å². The molecule has 0 aliphatic heterocycles. The Morgan fingerprint density at radius 3 is 1.62 bits per heavy atom. The van der Waals surface area contributed by atoms with Crippen LogP contribution >= 0.6 is 0 Å². The highest BCUT2D eigenvalue weighted by atomic mass is 16.2. The van der Waals surface area contributed by atoms with Crippen LogP contribution in [-0.2, 0) is 22.6 Å². The van der Waals surface area contributed by atoms with Crippen molar-refractivity contribution in [2.75, 3.05) is 6.54 Å². The molecule has 39 heavy (non-hydrogen) atoms. The van der Waals surface area contributed by atoms with Gasteiger partial charge >= 0.3 is 0 Å². The van der Waals surface area contributed by atoms with Crippen LogP contribution in [0.5, 0.6) is 0 Å². The van der Waals surface area contributed by atoms with E-state index >= 15 is 0 Å². The minimum atomic E-state index is -0.633. The van der Waals surface area contributed by atoms with Crippen LogP contribution in [0.2, 0.25) is 0 Å². The van der Waals surface area contributed by atoms with E-state index in [1.807, 2.05) is 97.1 Å². The molecule has 0 bridgehead atoms. The molecule has 4 aromatic carbocycles. The second kappa shape index (κ2) is 14.1. The lowest BCUT2D eigenvalue weighted by Gasteiger charge is -2.33. The van der Waals surface area contributed by atoms with E-state index in [-0.39, 0.29) is 24.2 Å². The van der Waals surface area contributed by atoms with Crippen LogP contribution in [0.25, 0.3) is 0 Å². The fourth-order valence-electron chi connectivity index (χ4n) is 4.85. The number of rotatable bonds is 12. The molecule has 4 aromatic rings. The van der Waals surface area contributed by atoms with Gasteiger partial charge in [0.05, 0.1) is 0 Å². The molecule has 1 atom stereocenters. The van der Waals surface area contributed by atoms with Gasteiger partial charge in [0.1, 0.15) is 6.04 Å². The zero-order chi connectivity index (χ0) is 27.5. The number of benzene rings is 4. The Morgan fingerprint density at radius 1 is 0.667 bits per heavy atom. The lowest BCUT2D eigenvalue weighted by atomic mass is 9.87. The summed E-state index contributed by atoms with van der Waals surface area (Å²) in [5.74, 6) is 0.0319. The summed E-state index contributed by atoms with van der Waals surface area (Å²) in [6.07, 6.45) is 0.717. The summed E-state index contributed by atoms with van der Waals surface area (Å²) < 4.78 is 0. The Hall–Kier alpha value is -4.18. The second-order valence-corrected chi connectivity index (χ2v) is 10.4. The number of carbonyl (C=O) groups is 2. The molecule has 0 saturated carbocycles. The van der Waals surface area contributed by atoms with Gasteiger partial charge in [0.15, 0.2) is 0 Å². The molecule has 0 fully saturated rings. The van der Waals surface area contributed by atoms with Crippen molar-refractivity contribution in [1.82, 2.24) is 10.2 Å². The Balaban J connectivity index is 1.71. The van der Waals surface area contributed by atoms with Crippen molar-refractivity contribution < 1.29 is 9.59 Å². The molecule has 4 nitrogen and oxygen atoms in total. The van der Waals surface area contributed by atoms with Gasteiger partial charge < -0.3 is 10.2 Å². The van der Waals surface area contributed by atoms with Crippen molar-refractivity contribution in [1.29, 1.82) is 0 Å². The molecular weight excluding hydrogens is 480 g/mol. The van der Waals surface area contributed by atoms with Gasteiger partial charge in [0, 0.05) is 31.8 Å². The highest BCUT2D eigenvalue weighted by molar-refractivity contribution is 5.88. The van der Waals surface area contributed by atoms with Crippen molar-refractivity contribution in [3.63, 3.8) is 0 Å². The fourth-order valence-corrected chi connectivity index (χ4v) is 4.85. The maximum absolute atomic E-state index is 14.3. The normalized spacial score (nSPS) is 11.8. The summed E-state index contributed by atoms with van der Waals surface area (Å²) in [4.78, 5) is 29.8. The summed E-state index contributed by atoms with van der Waals surface area (Å²) in [7, 11) is 0. The van der Waals surface area contributed by atoms with Crippen LogP contribution in [0.1, 0.15) is 48.4 Å². The first-order valence-electron chi connectivity index (χ1n) is 13.8. The van der Waals surface area contributed by atoms with E-state index < -0.39 is 6.04 Å². The quantitative estimate of drug-likeness (QED) is 0.229. The molecular formula is C35H38N2O2. The molecule has 0 heterocycles. The molecule has 4 heteroatoms. The van der Waals surface area contributed by atoms with E-state index in [1.165, 1.54) is 0 Å². The number of hydrogen-bond donors (Lipinski definition) is 1. The molecule has 0 aromatic heterocycles. The Kier molecular flexibility index (Phi) is 10.1. The van der Waals surface area contributed by atoms with E-state index in [1.54, 1.807) is 4.90 Å². The summed E-state index contributed by atoms with van der Waals surface area (Å²) in [5, 5.41) is 3.11. The molecule has 0 aliphatic rings. The first kappa shape index (κ1) is 27.8. The number of hydrogen-bond acceptors (Lipinski definition) is 2. The van der Waals surface area contributed by atoms with Crippen LogP contribution < -0.4 is 5.32 Å². The van der Waals surface area contributed by atoms with E-state index in [4.69, 9.17) is 0 Å². The topological polar surface area (TPSA) is 49.4 Å². The van der Waals surface area contributed by atoms with Crippen molar-refractivity contribution in [3.8, 4) is 0 Å². The molecule has 200 valence electrons. The Morgan fingerprint density at radius 2 is 1.13 bits per heavy atom. The SMILES string of the molecule is CC(C)CNC(=O)C(Cc1ccccc1)N(Cc1ccccc1)C(=O)CC(c1ccccc1)c1ccccc1. The standard InChI is InChI=1S/C35H38N2O2/c1-27(2)25-36-35(39)33(23-28-15-7-3-8-16-28)37(26-29-17-9-4-10-18-29)34(38)24-32(30-19-11-5-12-20-30)31-21-13-6-14-22-31/h3-22,27,32-33H,23-26H2,1-2H3,(H,36,39). The molecule has 4 rings (SSSR count). The molecule has 0 spiro atoms. The summed E-state index contributed by atoms with van der Waals surface area (Å²) in [6.45, 7) is 5.07. The van der Waals surface area contributed by atoms with Gasteiger partial charge in [-0.2, -0.15) is 0 Å². The monoisotopic (exact) mass is 518 g/mol. The highest BCUT2D eigenvalue weighted by Gasteiger charge is 2.32.